The largest absolute Gasteiger partial charge is 0.462 e. The molecule has 1 N–H and O–H groups in total. The molecule has 0 unspecified atom stereocenters. The second-order valence-electron chi connectivity index (χ2n) is 4.20. The third-order valence-electron chi connectivity index (χ3n) is 2.53. The SMILES string of the molecule is CCCCCCCCOC(=O)/C(C#N)=C/C(=O)CO. The lowest BCUT2D eigenvalue weighted by Gasteiger charge is -2.03. The summed E-state index contributed by atoms with van der Waals surface area (Å²) in [6.45, 7) is 1.67. The molecule has 19 heavy (non-hydrogen) atoms. The second kappa shape index (κ2) is 11.4. The van der Waals surface area contributed by atoms with Gasteiger partial charge in [-0.25, -0.2) is 4.79 Å². The van der Waals surface area contributed by atoms with Crippen LogP contribution in [0.15, 0.2) is 11.6 Å². The average Bonchev–Trinajstić information content (AvgIpc) is 2.43. The van der Waals surface area contributed by atoms with Crippen LogP contribution < -0.4 is 0 Å². The molecule has 0 spiro atoms. The van der Waals surface area contributed by atoms with E-state index in [2.05, 4.69) is 6.92 Å². The molecule has 0 bridgehead atoms. The van der Waals surface area contributed by atoms with Gasteiger partial charge in [0, 0.05) is 6.08 Å². The van der Waals surface area contributed by atoms with Gasteiger partial charge < -0.3 is 9.84 Å². The van der Waals surface area contributed by atoms with Crippen molar-refractivity contribution in [1.29, 1.82) is 5.26 Å². The summed E-state index contributed by atoms with van der Waals surface area (Å²) in [5.41, 5.74) is -0.370. The smallest absolute Gasteiger partial charge is 0.349 e. The van der Waals surface area contributed by atoms with Crippen LogP contribution >= 0.6 is 0 Å². The number of ether oxygens (including phenoxy) is 1. The Morgan fingerprint density at radius 1 is 1.21 bits per heavy atom. The highest BCUT2D eigenvalue weighted by molar-refractivity contribution is 6.02. The molecule has 0 saturated heterocycles. The van der Waals surface area contributed by atoms with E-state index in [-0.39, 0.29) is 12.2 Å². The first kappa shape index (κ1) is 17.3. The molecule has 0 amide bonds. The molecular formula is C14H21NO4. The van der Waals surface area contributed by atoms with Gasteiger partial charge in [0.25, 0.3) is 0 Å². The van der Waals surface area contributed by atoms with E-state index in [4.69, 9.17) is 15.1 Å². The first-order valence-electron chi connectivity index (χ1n) is 6.58. The van der Waals surface area contributed by atoms with Crippen molar-refractivity contribution in [2.24, 2.45) is 0 Å². The number of carbonyl (C=O) groups excluding carboxylic acids is 2. The molecule has 0 heterocycles. The standard InChI is InChI=1S/C14H21NO4/c1-2-3-4-5-6-7-8-19-14(18)12(10-15)9-13(17)11-16/h9,16H,2-8,11H2,1H3/b12-9+. The summed E-state index contributed by atoms with van der Waals surface area (Å²) in [5.74, 6) is -1.49. The zero-order valence-corrected chi connectivity index (χ0v) is 11.4. The maximum absolute atomic E-state index is 11.4. The molecule has 0 fully saturated rings. The zero-order valence-electron chi connectivity index (χ0n) is 11.4. The topological polar surface area (TPSA) is 87.4 Å². The quantitative estimate of drug-likeness (QED) is 0.283. The number of aliphatic hydroxyl groups is 1. The number of carbonyl (C=O) groups is 2. The first-order valence-corrected chi connectivity index (χ1v) is 6.58. The Balaban J connectivity index is 3.87. The van der Waals surface area contributed by atoms with Crippen LogP contribution in [0.1, 0.15) is 45.4 Å². The summed E-state index contributed by atoms with van der Waals surface area (Å²) in [6.07, 6.45) is 7.23. The van der Waals surface area contributed by atoms with Crippen LogP contribution in [-0.2, 0) is 14.3 Å². The Labute approximate surface area is 113 Å². The molecule has 0 aliphatic heterocycles. The molecule has 0 saturated carbocycles. The molecule has 5 heteroatoms. The lowest BCUT2D eigenvalue weighted by atomic mass is 10.1. The number of hydrogen-bond acceptors (Lipinski definition) is 5. The molecule has 106 valence electrons. The van der Waals surface area contributed by atoms with Crippen LogP contribution in [0.25, 0.3) is 0 Å². The average molecular weight is 267 g/mol. The number of ketones is 1. The molecule has 0 aliphatic carbocycles. The normalized spacial score (nSPS) is 10.9. The van der Waals surface area contributed by atoms with E-state index in [1.807, 2.05) is 0 Å². The van der Waals surface area contributed by atoms with Gasteiger partial charge in [-0.05, 0) is 6.42 Å². The highest BCUT2D eigenvalue weighted by Gasteiger charge is 2.12. The van der Waals surface area contributed by atoms with E-state index in [1.54, 1.807) is 6.07 Å². The van der Waals surface area contributed by atoms with Crippen LogP contribution in [0.3, 0.4) is 0 Å². The maximum Gasteiger partial charge on any atom is 0.349 e. The molecule has 0 radical (unpaired) electrons. The summed E-state index contributed by atoms with van der Waals surface area (Å²) in [4.78, 5) is 22.3. The van der Waals surface area contributed by atoms with Crippen molar-refractivity contribution in [2.45, 2.75) is 45.4 Å². The van der Waals surface area contributed by atoms with Gasteiger partial charge in [-0.2, -0.15) is 5.26 Å². The van der Waals surface area contributed by atoms with Gasteiger partial charge in [0.2, 0.25) is 0 Å². The van der Waals surface area contributed by atoms with Gasteiger partial charge in [0.05, 0.1) is 6.61 Å². The van der Waals surface area contributed by atoms with Crippen molar-refractivity contribution < 1.29 is 19.4 Å². The van der Waals surface area contributed by atoms with Crippen molar-refractivity contribution in [3.8, 4) is 6.07 Å². The predicted molar refractivity (Wildman–Crippen MR) is 70.1 cm³/mol. The van der Waals surface area contributed by atoms with Crippen LogP contribution in [-0.4, -0.2) is 30.1 Å². The second-order valence-corrected chi connectivity index (χ2v) is 4.20. The van der Waals surface area contributed by atoms with E-state index < -0.39 is 18.4 Å². The van der Waals surface area contributed by atoms with E-state index in [9.17, 15) is 9.59 Å². The molecule has 0 aromatic rings. The molecule has 0 aliphatic rings. The minimum Gasteiger partial charge on any atom is -0.462 e. The van der Waals surface area contributed by atoms with Crippen LogP contribution in [0, 0.1) is 11.3 Å². The van der Waals surface area contributed by atoms with Crippen LogP contribution in [0.4, 0.5) is 0 Å². The third-order valence-corrected chi connectivity index (χ3v) is 2.53. The molecule has 0 aromatic heterocycles. The van der Waals surface area contributed by atoms with Crippen molar-refractivity contribution in [2.75, 3.05) is 13.2 Å². The number of esters is 1. The van der Waals surface area contributed by atoms with Gasteiger partial charge in [-0.3, -0.25) is 4.79 Å². The molecule has 0 aromatic carbocycles. The molecule has 5 nitrogen and oxygen atoms in total. The van der Waals surface area contributed by atoms with Crippen molar-refractivity contribution in [3.05, 3.63) is 11.6 Å². The Morgan fingerprint density at radius 3 is 2.42 bits per heavy atom. The van der Waals surface area contributed by atoms with E-state index in [1.165, 1.54) is 19.3 Å². The van der Waals surface area contributed by atoms with Gasteiger partial charge in [-0.1, -0.05) is 39.0 Å². The zero-order chi connectivity index (χ0) is 14.5. The van der Waals surface area contributed by atoms with Crippen molar-refractivity contribution >= 4 is 11.8 Å². The van der Waals surface area contributed by atoms with Crippen LogP contribution in [0.2, 0.25) is 0 Å². The van der Waals surface area contributed by atoms with Crippen LogP contribution in [0.5, 0.6) is 0 Å². The van der Waals surface area contributed by atoms with E-state index >= 15 is 0 Å². The first-order chi connectivity index (χ1) is 9.15. The minimum atomic E-state index is -0.808. The highest BCUT2D eigenvalue weighted by Crippen LogP contribution is 2.06. The molecular weight excluding hydrogens is 246 g/mol. The molecule has 0 rings (SSSR count). The predicted octanol–water partition coefficient (Wildman–Crippen LogP) is 1.90. The fourth-order valence-corrected chi connectivity index (χ4v) is 1.47. The van der Waals surface area contributed by atoms with E-state index in [0.29, 0.717) is 0 Å². The summed E-state index contributed by atoms with van der Waals surface area (Å²) >= 11 is 0. The minimum absolute atomic E-state index is 0.247. The van der Waals surface area contributed by atoms with E-state index in [0.717, 1.165) is 25.3 Å². The Bertz CT molecular complexity index is 355. The summed E-state index contributed by atoms with van der Waals surface area (Å²) in [5, 5.41) is 17.2. The number of aliphatic hydroxyl groups excluding tert-OH is 1. The van der Waals surface area contributed by atoms with Crippen molar-refractivity contribution in [3.63, 3.8) is 0 Å². The number of rotatable bonds is 10. The number of nitriles is 1. The van der Waals surface area contributed by atoms with Gasteiger partial charge in [0.15, 0.2) is 5.78 Å². The monoisotopic (exact) mass is 267 g/mol. The van der Waals surface area contributed by atoms with Gasteiger partial charge >= 0.3 is 5.97 Å². The van der Waals surface area contributed by atoms with Crippen molar-refractivity contribution in [1.82, 2.24) is 0 Å². The maximum atomic E-state index is 11.4. The third kappa shape index (κ3) is 8.97. The Morgan fingerprint density at radius 2 is 1.84 bits per heavy atom. The highest BCUT2D eigenvalue weighted by atomic mass is 16.5. The fourth-order valence-electron chi connectivity index (χ4n) is 1.47. The summed E-state index contributed by atoms with van der Waals surface area (Å²) in [7, 11) is 0. The molecule has 0 atom stereocenters. The van der Waals surface area contributed by atoms with Gasteiger partial charge in [-0.15, -0.1) is 0 Å². The Hall–Kier alpha value is -1.67. The summed E-state index contributed by atoms with van der Waals surface area (Å²) in [6, 6.07) is 1.59. The van der Waals surface area contributed by atoms with Gasteiger partial charge in [0.1, 0.15) is 18.2 Å². The fraction of sp³-hybridized carbons (Fsp3) is 0.643. The number of nitrogens with zero attached hydrogens (tertiary/aromatic N) is 1. The lowest BCUT2D eigenvalue weighted by Crippen LogP contribution is -2.11. The summed E-state index contributed by atoms with van der Waals surface area (Å²) < 4.78 is 4.88. The Kier molecular flexibility index (Phi) is 10.4. The lowest BCUT2D eigenvalue weighted by molar-refractivity contribution is -0.138. The number of hydrogen-bond donors (Lipinski definition) is 1. The number of unbranched alkanes of at least 4 members (excludes halogenated alkanes) is 5.